The van der Waals surface area contributed by atoms with E-state index in [1.807, 2.05) is 48.5 Å². The molecule has 27 heavy (non-hydrogen) atoms. The minimum absolute atomic E-state index is 0.269. The smallest absolute Gasteiger partial charge is 0.410 e. The molecule has 3 nitrogen and oxygen atoms in total. The molecular formula is C23H20BrNO2. The number of hydrogen-bond acceptors (Lipinski definition) is 2. The zero-order chi connectivity index (χ0) is 18.6. The van der Waals surface area contributed by atoms with Crippen molar-refractivity contribution in [3.63, 3.8) is 0 Å². The topological polar surface area (TPSA) is 29.5 Å². The first-order chi connectivity index (χ1) is 13.2. The van der Waals surface area contributed by atoms with Crippen molar-refractivity contribution >= 4 is 22.0 Å². The summed E-state index contributed by atoms with van der Waals surface area (Å²) in [5.74, 6) is 0. The number of hydrogen-bond donors (Lipinski definition) is 0. The molecule has 1 amide bonds. The van der Waals surface area contributed by atoms with Crippen molar-refractivity contribution in [3.05, 3.63) is 95.1 Å². The predicted molar refractivity (Wildman–Crippen MR) is 110 cm³/mol. The molecule has 0 radical (unpaired) electrons. The summed E-state index contributed by atoms with van der Waals surface area (Å²) >= 11 is 3.56. The maximum absolute atomic E-state index is 12.6. The van der Waals surface area contributed by atoms with E-state index in [0.29, 0.717) is 19.7 Å². The van der Waals surface area contributed by atoms with E-state index in [1.54, 1.807) is 4.90 Å². The van der Waals surface area contributed by atoms with Gasteiger partial charge in [-0.1, -0.05) is 82.7 Å². The third kappa shape index (κ3) is 3.91. The second-order valence-corrected chi connectivity index (χ2v) is 7.24. The molecule has 1 heterocycles. The van der Waals surface area contributed by atoms with E-state index in [4.69, 9.17) is 4.74 Å². The fraction of sp³-hybridized carbons (Fsp3) is 0.174. The molecule has 4 rings (SSSR count). The molecule has 0 N–H and O–H groups in total. The molecule has 0 aromatic heterocycles. The molecule has 0 aliphatic carbocycles. The molecule has 3 aromatic rings. The van der Waals surface area contributed by atoms with E-state index in [0.717, 1.165) is 10.9 Å². The number of alkyl halides is 1. The number of amides is 1. The number of halogens is 1. The number of rotatable bonds is 4. The highest BCUT2D eigenvalue weighted by atomic mass is 79.9. The van der Waals surface area contributed by atoms with Crippen molar-refractivity contribution < 1.29 is 9.53 Å². The van der Waals surface area contributed by atoms with Gasteiger partial charge in [0, 0.05) is 11.9 Å². The van der Waals surface area contributed by atoms with E-state index >= 15 is 0 Å². The third-order valence-electron chi connectivity index (χ3n) is 4.81. The molecule has 0 fully saturated rings. The summed E-state index contributed by atoms with van der Waals surface area (Å²) in [6.45, 7) is 1.46. The van der Waals surface area contributed by atoms with Gasteiger partial charge in [-0.2, -0.15) is 0 Å². The van der Waals surface area contributed by atoms with E-state index in [9.17, 15) is 4.79 Å². The van der Waals surface area contributed by atoms with Crippen molar-refractivity contribution in [1.29, 1.82) is 0 Å². The number of carbonyl (C=O) groups excluding carboxylic acids is 1. The van der Waals surface area contributed by atoms with Crippen LogP contribution in [-0.2, 0) is 29.8 Å². The maximum atomic E-state index is 12.6. The van der Waals surface area contributed by atoms with Gasteiger partial charge in [-0.15, -0.1) is 0 Å². The number of carbonyl (C=O) groups is 1. The SMILES string of the molecule is O=C(OCc1ccccc1)N1Cc2cc(CBr)cc(-c3ccccc3)c2C1. The van der Waals surface area contributed by atoms with Gasteiger partial charge in [0.15, 0.2) is 0 Å². The molecule has 3 aromatic carbocycles. The van der Waals surface area contributed by atoms with Gasteiger partial charge in [0.05, 0.1) is 6.54 Å². The number of fused-ring (bicyclic) bond motifs is 1. The van der Waals surface area contributed by atoms with Crippen molar-refractivity contribution in [2.75, 3.05) is 0 Å². The highest BCUT2D eigenvalue weighted by molar-refractivity contribution is 9.08. The van der Waals surface area contributed by atoms with E-state index in [2.05, 4.69) is 40.2 Å². The lowest BCUT2D eigenvalue weighted by atomic mass is 9.95. The fourth-order valence-corrected chi connectivity index (χ4v) is 3.79. The number of ether oxygens (including phenoxy) is 1. The summed E-state index contributed by atoms with van der Waals surface area (Å²) < 4.78 is 5.52. The van der Waals surface area contributed by atoms with Crippen LogP contribution in [-0.4, -0.2) is 11.0 Å². The molecule has 1 aliphatic heterocycles. The molecule has 0 unspecified atom stereocenters. The standard InChI is InChI=1S/C23H20BrNO2/c24-13-18-11-20-14-25(23(26)27-16-17-7-3-1-4-8-17)15-22(20)21(12-18)19-9-5-2-6-10-19/h1-12H,13-16H2. The normalized spacial score (nSPS) is 12.7. The predicted octanol–water partition coefficient (Wildman–Crippen LogP) is 5.90. The van der Waals surface area contributed by atoms with Crippen molar-refractivity contribution in [2.24, 2.45) is 0 Å². The average Bonchev–Trinajstić information content (AvgIpc) is 3.17. The second-order valence-electron chi connectivity index (χ2n) is 6.68. The van der Waals surface area contributed by atoms with Gasteiger partial charge in [-0.25, -0.2) is 4.79 Å². The first kappa shape index (κ1) is 17.8. The highest BCUT2D eigenvalue weighted by Crippen LogP contribution is 2.35. The first-order valence-electron chi connectivity index (χ1n) is 8.96. The van der Waals surface area contributed by atoms with Crippen LogP contribution >= 0.6 is 15.9 Å². The zero-order valence-electron chi connectivity index (χ0n) is 14.9. The van der Waals surface area contributed by atoms with Gasteiger partial charge in [0.1, 0.15) is 6.61 Å². The molecule has 0 saturated carbocycles. The molecule has 0 saturated heterocycles. The quantitative estimate of drug-likeness (QED) is 0.490. The Labute approximate surface area is 167 Å². The number of benzene rings is 3. The van der Waals surface area contributed by atoms with Crippen molar-refractivity contribution in [3.8, 4) is 11.1 Å². The minimum atomic E-state index is -0.269. The van der Waals surface area contributed by atoms with Crippen LogP contribution in [0.1, 0.15) is 22.3 Å². The zero-order valence-corrected chi connectivity index (χ0v) is 16.5. The van der Waals surface area contributed by atoms with Crippen molar-refractivity contribution in [2.45, 2.75) is 25.0 Å². The maximum Gasteiger partial charge on any atom is 0.410 e. The van der Waals surface area contributed by atoms with Gasteiger partial charge in [-0.05, 0) is 39.4 Å². The van der Waals surface area contributed by atoms with E-state index in [1.165, 1.54) is 27.8 Å². The lowest BCUT2D eigenvalue weighted by molar-refractivity contribution is 0.0955. The molecule has 0 spiro atoms. The molecular weight excluding hydrogens is 402 g/mol. The largest absolute Gasteiger partial charge is 0.445 e. The van der Waals surface area contributed by atoms with Gasteiger partial charge in [0.2, 0.25) is 0 Å². The van der Waals surface area contributed by atoms with Crippen LogP contribution in [0.2, 0.25) is 0 Å². The summed E-state index contributed by atoms with van der Waals surface area (Å²) in [7, 11) is 0. The van der Waals surface area contributed by atoms with E-state index < -0.39 is 0 Å². The Morgan fingerprint density at radius 3 is 2.33 bits per heavy atom. The third-order valence-corrected chi connectivity index (χ3v) is 5.46. The van der Waals surface area contributed by atoms with Crippen LogP contribution in [0.5, 0.6) is 0 Å². The van der Waals surface area contributed by atoms with Gasteiger partial charge in [-0.3, -0.25) is 4.90 Å². The van der Waals surface area contributed by atoms with Crippen molar-refractivity contribution in [1.82, 2.24) is 4.90 Å². The fourth-order valence-electron chi connectivity index (χ4n) is 3.47. The Morgan fingerprint density at radius 1 is 0.926 bits per heavy atom. The monoisotopic (exact) mass is 421 g/mol. The Hall–Kier alpha value is -2.59. The van der Waals surface area contributed by atoms with Crippen LogP contribution in [0.25, 0.3) is 11.1 Å². The summed E-state index contributed by atoms with van der Waals surface area (Å²) in [5.41, 5.74) is 6.99. The second kappa shape index (κ2) is 7.97. The molecule has 136 valence electrons. The van der Waals surface area contributed by atoms with Gasteiger partial charge >= 0.3 is 6.09 Å². The van der Waals surface area contributed by atoms with E-state index in [-0.39, 0.29) is 6.09 Å². The molecule has 4 heteroatoms. The lowest BCUT2D eigenvalue weighted by Gasteiger charge is -2.15. The number of nitrogens with zero attached hydrogens (tertiary/aromatic N) is 1. The van der Waals surface area contributed by atoms with Crippen LogP contribution in [0.3, 0.4) is 0 Å². The molecule has 0 atom stereocenters. The van der Waals surface area contributed by atoms with Crippen LogP contribution in [0.4, 0.5) is 4.79 Å². The summed E-state index contributed by atoms with van der Waals surface area (Å²) in [4.78, 5) is 14.4. The van der Waals surface area contributed by atoms with Crippen LogP contribution in [0.15, 0.2) is 72.8 Å². The highest BCUT2D eigenvalue weighted by Gasteiger charge is 2.27. The molecule has 0 bridgehead atoms. The Balaban J connectivity index is 1.55. The Bertz CT molecular complexity index is 941. The lowest BCUT2D eigenvalue weighted by Crippen LogP contribution is -2.26. The minimum Gasteiger partial charge on any atom is -0.445 e. The summed E-state index contributed by atoms with van der Waals surface area (Å²) in [6, 6.07) is 24.5. The van der Waals surface area contributed by atoms with Crippen LogP contribution < -0.4 is 0 Å². The average molecular weight is 422 g/mol. The van der Waals surface area contributed by atoms with Crippen LogP contribution in [0, 0.1) is 0 Å². The van der Waals surface area contributed by atoms with Gasteiger partial charge in [0.25, 0.3) is 0 Å². The Morgan fingerprint density at radius 2 is 1.63 bits per heavy atom. The van der Waals surface area contributed by atoms with Gasteiger partial charge < -0.3 is 4.74 Å². The summed E-state index contributed by atoms with van der Waals surface area (Å²) in [5, 5.41) is 0.790. The first-order valence-corrected chi connectivity index (χ1v) is 10.1. The Kier molecular flexibility index (Phi) is 5.26. The summed E-state index contributed by atoms with van der Waals surface area (Å²) in [6.07, 6.45) is -0.269. The molecule has 1 aliphatic rings.